The Kier molecular flexibility index (Phi) is 6.25. The Bertz CT molecular complexity index is 1500. The van der Waals surface area contributed by atoms with Gasteiger partial charge in [0, 0.05) is 10.4 Å². The predicted octanol–water partition coefficient (Wildman–Crippen LogP) is 5.74. The van der Waals surface area contributed by atoms with Crippen molar-refractivity contribution in [2.45, 2.75) is 0 Å². The van der Waals surface area contributed by atoms with Gasteiger partial charge in [0.2, 0.25) is 0 Å². The van der Waals surface area contributed by atoms with Crippen LogP contribution >= 0.6 is 11.6 Å². The number of carbonyl (C=O) groups excluding carboxylic acids is 1. The number of hydrogen-bond acceptors (Lipinski definition) is 6. The van der Waals surface area contributed by atoms with Gasteiger partial charge in [0.15, 0.2) is 11.5 Å². The van der Waals surface area contributed by atoms with E-state index in [2.05, 4.69) is 6.07 Å². The van der Waals surface area contributed by atoms with Crippen molar-refractivity contribution in [2.75, 3.05) is 7.11 Å². The van der Waals surface area contributed by atoms with Crippen molar-refractivity contribution < 1.29 is 18.7 Å². The fourth-order valence-corrected chi connectivity index (χ4v) is 3.41. The molecule has 0 spiro atoms. The van der Waals surface area contributed by atoms with Crippen molar-refractivity contribution in [3.05, 3.63) is 105 Å². The molecule has 0 bridgehead atoms. The van der Waals surface area contributed by atoms with Crippen molar-refractivity contribution in [1.29, 1.82) is 5.26 Å². The van der Waals surface area contributed by atoms with Gasteiger partial charge in [0.1, 0.15) is 11.1 Å². The molecule has 7 heteroatoms. The van der Waals surface area contributed by atoms with E-state index < -0.39 is 11.6 Å². The molecule has 0 aliphatic rings. The van der Waals surface area contributed by atoms with Gasteiger partial charge in [-0.05, 0) is 53.6 Å². The fourth-order valence-electron chi connectivity index (χ4n) is 3.22. The Morgan fingerprint density at radius 3 is 2.61 bits per heavy atom. The molecule has 4 rings (SSSR count). The highest BCUT2D eigenvalue weighted by Gasteiger charge is 2.18. The quantitative estimate of drug-likeness (QED) is 0.125. The third-order valence-corrected chi connectivity index (χ3v) is 5.05. The predicted molar refractivity (Wildman–Crippen MR) is 125 cm³/mol. The summed E-state index contributed by atoms with van der Waals surface area (Å²) in [5, 5.41) is 10.7. The lowest BCUT2D eigenvalue weighted by atomic mass is 10.0. The number of rotatable bonds is 5. The molecule has 1 aromatic heterocycles. The number of nitrogens with zero attached hydrogens (tertiary/aromatic N) is 1. The number of carbonyl (C=O) groups is 1. The van der Waals surface area contributed by atoms with E-state index in [0.29, 0.717) is 32.7 Å². The van der Waals surface area contributed by atoms with Gasteiger partial charge in [-0.25, -0.2) is 9.59 Å². The minimum atomic E-state index is -0.868. The van der Waals surface area contributed by atoms with E-state index in [0.717, 1.165) is 0 Å². The third kappa shape index (κ3) is 4.79. The van der Waals surface area contributed by atoms with Crippen LogP contribution in [0.15, 0.2) is 82.0 Å². The summed E-state index contributed by atoms with van der Waals surface area (Å²) in [5.74, 6) is -0.494. The van der Waals surface area contributed by atoms with Crippen LogP contribution in [0.25, 0.3) is 22.6 Å². The first-order valence-corrected chi connectivity index (χ1v) is 10.2. The summed E-state index contributed by atoms with van der Waals surface area (Å²) in [7, 11) is 1.42. The molecule has 6 nitrogen and oxygen atoms in total. The number of hydrogen-bond donors (Lipinski definition) is 0. The number of methoxy groups -OCH3 is 1. The summed E-state index contributed by atoms with van der Waals surface area (Å²) in [4.78, 5) is 24.9. The van der Waals surface area contributed by atoms with E-state index in [1.807, 2.05) is 0 Å². The van der Waals surface area contributed by atoms with Crippen LogP contribution in [0.2, 0.25) is 5.02 Å². The first-order valence-electron chi connectivity index (χ1n) is 9.79. The number of nitriles is 1. The largest absolute Gasteiger partial charge is 0.493 e. The molecule has 0 saturated heterocycles. The van der Waals surface area contributed by atoms with Gasteiger partial charge < -0.3 is 13.9 Å². The summed E-state index contributed by atoms with van der Waals surface area (Å²) < 4.78 is 16.0. The topological polar surface area (TPSA) is 89.5 Å². The summed E-state index contributed by atoms with van der Waals surface area (Å²) in [6, 6.07) is 22.2. The number of halogens is 1. The summed E-state index contributed by atoms with van der Waals surface area (Å²) in [6.45, 7) is 0. The van der Waals surface area contributed by atoms with Crippen LogP contribution in [0.3, 0.4) is 0 Å². The second kappa shape index (κ2) is 9.43. The molecule has 33 heavy (non-hydrogen) atoms. The summed E-state index contributed by atoms with van der Waals surface area (Å²) in [6.07, 6.45) is 1.66. The lowest BCUT2D eigenvalue weighted by molar-refractivity contribution is 0.0725. The smallest absolute Gasteiger partial charge is 0.351 e. The maximum atomic E-state index is 12.7. The second-order valence-corrected chi connectivity index (χ2v) is 7.40. The minimum Gasteiger partial charge on any atom is -0.493 e. The molecule has 0 fully saturated rings. The maximum absolute atomic E-state index is 12.7. The molecule has 4 aromatic rings. The van der Waals surface area contributed by atoms with Crippen molar-refractivity contribution in [3.8, 4) is 17.6 Å². The van der Waals surface area contributed by atoms with E-state index in [-0.39, 0.29) is 17.1 Å². The average Bonchev–Trinajstić information content (AvgIpc) is 2.82. The molecule has 162 valence electrons. The van der Waals surface area contributed by atoms with Gasteiger partial charge in [-0.3, -0.25) is 0 Å². The van der Waals surface area contributed by atoms with Gasteiger partial charge in [0.25, 0.3) is 0 Å². The van der Waals surface area contributed by atoms with Crippen molar-refractivity contribution >= 4 is 40.2 Å². The minimum absolute atomic E-state index is 0.119. The molecule has 0 radical (unpaired) electrons. The molecular formula is C26H16ClNO5. The number of benzene rings is 3. The van der Waals surface area contributed by atoms with Crippen LogP contribution in [-0.4, -0.2) is 13.1 Å². The van der Waals surface area contributed by atoms with Gasteiger partial charge in [-0.15, -0.1) is 0 Å². The molecule has 3 aromatic carbocycles. The molecule has 0 amide bonds. The number of fused-ring (bicyclic) bond motifs is 1. The molecule has 0 aliphatic carbocycles. The Labute approximate surface area is 193 Å². The molecule has 1 heterocycles. The van der Waals surface area contributed by atoms with Crippen LogP contribution < -0.4 is 15.1 Å². The Hall–Kier alpha value is -4.34. The van der Waals surface area contributed by atoms with Gasteiger partial charge in [-0.1, -0.05) is 48.0 Å². The Balaban J connectivity index is 1.64. The molecule has 0 atom stereocenters. The number of allylic oxidation sites excluding steroid dienone is 1. The van der Waals surface area contributed by atoms with Crippen LogP contribution in [0, 0.1) is 11.3 Å². The van der Waals surface area contributed by atoms with E-state index in [9.17, 15) is 14.9 Å². The van der Waals surface area contributed by atoms with Gasteiger partial charge in [0.05, 0.1) is 18.8 Å². The Morgan fingerprint density at radius 2 is 1.85 bits per heavy atom. The van der Waals surface area contributed by atoms with Crippen LogP contribution in [0.4, 0.5) is 0 Å². The molecule has 0 aliphatic heterocycles. The monoisotopic (exact) mass is 457 g/mol. The number of para-hydroxylation sites is 1. The van der Waals surface area contributed by atoms with Crippen LogP contribution in [0.5, 0.6) is 11.5 Å². The van der Waals surface area contributed by atoms with E-state index in [1.54, 1.807) is 66.7 Å². The zero-order valence-corrected chi connectivity index (χ0v) is 18.1. The van der Waals surface area contributed by atoms with E-state index >= 15 is 0 Å². The fraction of sp³-hybridized carbons (Fsp3) is 0.0385. The van der Waals surface area contributed by atoms with Crippen molar-refractivity contribution in [3.63, 3.8) is 0 Å². The van der Waals surface area contributed by atoms with E-state index in [4.69, 9.17) is 25.5 Å². The van der Waals surface area contributed by atoms with Gasteiger partial charge in [-0.2, -0.15) is 5.26 Å². The molecular weight excluding hydrogens is 442 g/mol. The molecule has 0 saturated carbocycles. The highest BCUT2D eigenvalue weighted by atomic mass is 35.5. The Morgan fingerprint density at radius 1 is 1.03 bits per heavy atom. The normalized spacial score (nSPS) is 11.1. The SMILES string of the molecule is COc1cc(/C=C(/C#N)c2cccc(Cl)c2)ccc1OC(=O)c1cc2ccccc2oc1=O. The lowest BCUT2D eigenvalue weighted by Gasteiger charge is -2.10. The summed E-state index contributed by atoms with van der Waals surface area (Å²) in [5.41, 5.74) is 1.07. The zero-order chi connectivity index (χ0) is 23.4. The third-order valence-electron chi connectivity index (χ3n) is 4.82. The first-order chi connectivity index (χ1) is 16.0. The average molecular weight is 458 g/mol. The lowest BCUT2D eigenvalue weighted by Crippen LogP contribution is -2.19. The molecule has 0 N–H and O–H groups in total. The highest BCUT2D eigenvalue weighted by molar-refractivity contribution is 6.30. The van der Waals surface area contributed by atoms with Crippen molar-refractivity contribution in [2.24, 2.45) is 0 Å². The number of esters is 1. The molecule has 0 unspecified atom stereocenters. The van der Waals surface area contributed by atoms with Crippen LogP contribution in [-0.2, 0) is 0 Å². The second-order valence-electron chi connectivity index (χ2n) is 6.97. The van der Waals surface area contributed by atoms with Crippen molar-refractivity contribution in [1.82, 2.24) is 0 Å². The van der Waals surface area contributed by atoms with E-state index in [1.165, 1.54) is 19.2 Å². The maximum Gasteiger partial charge on any atom is 0.351 e. The highest BCUT2D eigenvalue weighted by Crippen LogP contribution is 2.31. The first kappa shape index (κ1) is 21.9. The van der Waals surface area contributed by atoms with Crippen LogP contribution in [0.1, 0.15) is 21.5 Å². The zero-order valence-electron chi connectivity index (χ0n) is 17.4. The standard InChI is InChI=1S/C26H16ClNO5/c1-31-24-12-16(11-19(15-28)17-6-4-7-20(27)13-17)9-10-23(24)33-26(30)21-14-18-5-2-3-8-22(18)32-25(21)29/h2-14H,1H3/b19-11-. The number of ether oxygens (including phenoxy) is 2. The summed E-state index contributed by atoms with van der Waals surface area (Å²) >= 11 is 6.03. The van der Waals surface area contributed by atoms with Gasteiger partial charge >= 0.3 is 11.6 Å².